The summed E-state index contributed by atoms with van der Waals surface area (Å²) < 4.78 is 23.9. The van der Waals surface area contributed by atoms with E-state index in [4.69, 9.17) is 18.9 Å². The molecule has 0 aliphatic rings. The Morgan fingerprint density at radius 3 is 0.900 bits per heavy atom. The van der Waals surface area contributed by atoms with Gasteiger partial charge in [0.1, 0.15) is 46.0 Å². The fourth-order valence-corrected chi connectivity index (χ4v) is 3.69. The summed E-state index contributed by atoms with van der Waals surface area (Å²) >= 11 is 0. The molecule has 40 heavy (non-hydrogen) atoms. The summed E-state index contributed by atoms with van der Waals surface area (Å²) in [6, 6.07) is 35.2. The second-order valence-electron chi connectivity index (χ2n) is 8.23. The van der Waals surface area contributed by atoms with Crippen LogP contribution in [-0.2, 0) is 9.59 Å². The molecule has 0 radical (unpaired) electrons. The molecule has 0 atom stereocenters. The average molecular weight is 529 g/mol. The zero-order valence-electron chi connectivity index (χ0n) is 20.9. The molecule has 0 spiro atoms. The van der Waals surface area contributed by atoms with E-state index < -0.39 is 0 Å². The largest absolute Gasteiger partial charge is 0.457 e. The van der Waals surface area contributed by atoms with Crippen molar-refractivity contribution in [2.45, 2.75) is 0 Å². The standard InChI is InChI=1S/C32H20N2O6/c35-21-33-23-6-1-8-25(16-23)37-27-10-3-12-29(18-27)39-31-14-5-15-32(20-31)40-30-13-4-11-28(19-30)38-26-9-2-7-24(17-26)34-22-36/h1-20H. The zero-order valence-corrected chi connectivity index (χ0v) is 20.9. The van der Waals surface area contributed by atoms with Crippen molar-refractivity contribution in [3.8, 4) is 46.0 Å². The van der Waals surface area contributed by atoms with Gasteiger partial charge in [-0.3, -0.25) is 0 Å². The highest BCUT2D eigenvalue weighted by atomic mass is 16.5. The summed E-state index contributed by atoms with van der Waals surface area (Å²) in [5, 5.41) is 0. The number of isocyanates is 2. The topological polar surface area (TPSA) is 95.8 Å². The molecule has 0 heterocycles. The number of aliphatic imine (C=N–C) groups is 2. The summed E-state index contributed by atoms with van der Waals surface area (Å²) in [5.41, 5.74) is 0.902. The molecule has 0 amide bonds. The van der Waals surface area contributed by atoms with Crippen LogP contribution in [0.2, 0.25) is 0 Å². The Labute approximate surface area is 229 Å². The zero-order chi connectivity index (χ0) is 27.6. The van der Waals surface area contributed by atoms with Gasteiger partial charge in [-0.05, 0) is 60.7 Å². The van der Waals surface area contributed by atoms with E-state index >= 15 is 0 Å². The number of nitrogens with zero attached hydrogens (tertiary/aromatic N) is 2. The molecule has 8 heteroatoms. The lowest BCUT2D eigenvalue weighted by Gasteiger charge is -2.12. The van der Waals surface area contributed by atoms with Crippen LogP contribution < -0.4 is 18.9 Å². The highest BCUT2D eigenvalue weighted by molar-refractivity contribution is 5.53. The van der Waals surface area contributed by atoms with Gasteiger partial charge in [0.05, 0.1) is 11.4 Å². The van der Waals surface area contributed by atoms with Crippen LogP contribution in [0, 0.1) is 0 Å². The highest BCUT2D eigenvalue weighted by Gasteiger charge is 2.06. The first-order chi connectivity index (χ1) is 19.7. The first-order valence-corrected chi connectivity index (χ1v) is 12.0. The van der Waals surface area contributed by atoms with Crippen molar-refractivity contribution in [1.29, 1.82) is 0 Å². The summed E-state index contributed by atoms with van der Waals surface area (Å²) in [6.45, 7) is 0. The van der Waals surface area contributed by atoms with Crippen LogP contribution in [0.25, 0.3) is 0 Å². The van der Waals surface area contributed by atoms with Crippen molar-refractivity contribution in [1.82, 2.24) is 0 Å². The SMILES string of the molecule is O=C=Nc1cccc(Oc2cccc(Oc3cccc(Oc4cccc(Oc5cccc(N=C=O)c5)c4)c3)c2)c1. The Morgan fingerprint density at radius 2 is 0.625 bits per heavy atom. The molecule has 5 aromatic carbocycles. The number of benzene rings is 5. The number of hydrogen-bond acceptors (Lipinski definition) is 8. The number of hydrogen-bond donors (Lipinski definition) is 0. The van der Waals surface area contributed by atoms with Crippen LogP contribution >= 0.6 is 0 Å². The molecule has 5 rings (SSSR count). The molecule has 0 aliphatic heterocycles. The van der Waals surface area contributed by atoms with Gasteiger partial charge in [-0.25, -0.2) is 9.59 Å². The summed E-state index contributed by atoms with van der Waals surface area (Å²) in [7, 11) is 0. The van der Waals surface area contributed by atoms with Crippen LogP contribution in [0.5, 0.6) is 46.0 Å². The lowest BCUT2D eigenvalue weighted by molar-refractivity contribution is 0.447. The van der Waals surface area contributed by atoms with Crippen LogP contribution in [0.1, 0.15) is 0 Å². The van der Waals surface area contributed by atoms with Crippen LogP contribution in [0.4, 0.5) is 11.4 Å². The van der Waals surface area contributed by atoms with Gasteiger partial charge in [0.15, 0.2) is 0 Å². The first-order valence-electron chi connectivity index (χ1n) is 12.0. The summed E-state index contributed by atoms with van der Waals surface area (Å²) in [5.74, 6) is 4.42. The van der Waals surface area contributed by atoms with Gasteiger partial charge in [-0.1, -0.05) is 30.3 Å². The Kier molecular flexibility index (Phi) is 8.06. The molecule has 0 saturated heterocycles. The molecule has 0 bridgehead atoms. The van der Waals surface area contributed by atoms with E-state index in [1.54, 1.807) is 78.9 Å². The van der Waals surface area contributed by atoms with Crippen LogP contribution in [0.15, 0.2) is 131 Å². The first kappa shape index (κ1) is 25.7. The molecule has 194 valence electrons. The second kappa shape index (κ2) is 12.5. The minimum Gasteiger partial charge on any atom is -0.457 e. The quantitative estimate of drug-likeness (QED) is 0.133. The van der Waals surface area contributed by atoms with Gasteiger partial charge in [0.2, 0.25) is 12.2 Å². The maximum Gasteiger partial charge on any atom is 0.240 e. The minimum absolute atomic E-state index is 0.451. The van der Waals surface area contributed by atoms with E-state index in [2.05, 4.69) is 9.98 Å². The second-order valence-corrected chi connectivity index (χ2v) is 8.23. The van der Waals surface area contributed by atoms with E-state index in [9.17, 15) is 9.59 Å². The van der Waals surface area contributed by atoms with Crippen molar-refractivity contribution in [2.75, 3.05) is 0 Å². The Bertz CT molecular complexity index is 1620. The van der Waals surface area contributed by atoms with Crippen LogP contribution in [0.3, 0.4) is 0 Å². The van der Waals surface area contributed by atoms with Gasteiger partial charge in [0, 0.05) is 30.3 Å². The third-order valence-corrected chi connectivity index (χ3v) is 5.34. The van der Waals surface area contributed by atoms with Crippen molar-refractivity contribution in [3.63, 3.8) is 0 Å². The molecular weight excluding hydrogens is 508 g/mol. The predicted octanol–water partition coefficient (Wildman–Crippen LogP) is 8.79. The predicted molar refractivity (Wildman–Crippen MR) is 148 cm³/mol. The normalized spacial score (nSPS) is 10.0. The Morgan fingerprint density at radius 1 is 0.375 bits per heavy atom. The molecule has 0 N–H and O–H groups in total. The monoisotopic (exact) mass is 528 g/mol. The number of carbonyl (C=O) groups excluding carboxylic acids is 2. The van der Waals surface area contributed by atoms with Crippen molar-refractivity contribution < 1.29 is 28.5 Å². The Balaban J connectivity index is 1.26. The minimum atomic E-state index is 0.451. The number of rotatable bonds is 10. The molecule has 8 nitrogen and oxygen atoms in total. The number of ether oxygens (including phenoxy) is 4. The summed E-state index contributed by atoms with van der Waals surface area (Å²) in [4.78, 5) is 28.3. The molecule has 0 aromatic heterocycles. The average Bonchev–Trinajstić information content (AvgIpc) is 2.95. The van der Waals surface area contributed by atoms with Crippen LogP contribution in [-0.4, -0.2) is 12.2 Å². The fraction of sp³-hybridized carbons (Fsp3) is 0. The van der Waals surface area contributed by atoms with E-state index in [0.717, 1.165) is 0 Å². The van der Waals surface area contributed by atoms with Gasteiger partial charge in [-0.15, -0.1) is 0 Å². The van der Waals surface area contributed by atoms with Crippen molar-refractivity contribution >= 4 is 23.5 Å². The molecule has 0 fully saturated rings. The maximum absolute atomic E-state index is 10.5. The molecule has 5 aromatic rings. The fourth-order valence-electron chi connectivity index (χ4n) is 3.69. The van der Waals surface area contributed by atoms with Crippen molar-refractivity contribution in [3.05, 3.63) is 121 Å². The van der Waals surface area contributed by atoms with E-state index in [0.29, 0.717) is 57.4 Å². The smallest absolute Gasteiger partial charge is 0.240 e. The maximum atomic E-state index is 10.5. The van der Waals surface area contributed by atoms with Gasteiger partial charge in [0.25, 0.3) is 0 Å². The Hall–Kier alpha value is -5.94. The highest BCUT2D eigenvalue weighted by Crippen LogP contribution is 2.33. The molecule has 0 unspecified atom stereocenters. The van der Waals surface area contributed by atoms with E-state index in [1.165, 1.54) is 12.2 Å². The lowest BCUT2D eigenvalue weighted by atomic mass is 10.3. The van der Waals surface area contributed by atoms with E-state index in [-0.39, 0.29) is 0 Å². The van der Waals surface area contributed by atoms with Gasteiger partial charge in [-0.2, -0.15) is 9.98 Å². The van der Waals surface area contributed by atoms with Gasteiger partial charge < -0.3 is 18.9 Å². The molecular formula is C32H20N2O6. The lowest BCUT2D eigenvalue weighted by Crippen LogP contribution is -1.89. The molecule has 0 aliphatic carbocycles. The molecule has 0 saturated carbocycles. The van der Waals surface area contributed by atoms with E-state index in [1.807, 2.05) is 42.5 Å². The summed E-state index contributed by atoms with van der Waals surface area (Å²) in [6.07, 6.45) is 3.04. The third-order valence-electron chi connectivity index (χ3n) is 5.34. The third kappa shape index (κ3) is 7.09. The van der Waals surface area contributed by atoms with Crippen molar-refractivity contribution in [2.24, 2.45) is 9.98 Å². The van der Waals surface area contributed by atoms with Gasteiger partial charge >= 0.3 is 0 Å².